The smallest absolute Gasteiger partial charge is 0.190 e. The number of halogens is 1. The van der Waals surface area contributed by atoms with Crippen molar-refractivity contribution in [3.8, 4) is 5.75 Å². The van der Waals surface area contributed by atoms with Crippen LogP contribution in [-0.4, -0.2) is 32.7 Å². The number of nitrogens with zero attached hydrogens (tertiary/aromatic N) is 1. The van der Waals surface area contributed by atoms with E-state index >= 15 is 0 Å². The molecule has 0 fully saturated rings. The molecule has 1 aromatic rings. The van der Waals surface area contributed by atoms with Crippen LogP contribution in [0.3, 0.4) is 0 Å². The zero-order valence-corrected chi connectivity index (χ0v) is 13.9. The normalized spacial score (nSPS) is 11.6. The summed E-state index contributed by atoms with van der Waals surface area (Å²) in [5.74, 6) is 2.00. The quantitative estimate of drug-likeness (QED) is 0.418. The fraction of sp³-hybridized carbons (Fsp3) is 0.588. The van der Waals surface area contributed by atoms with Crippen molar-refractivity contribution in [2.75, 3.05) is 26.7 Å². The second-order valence-corrected chi connectivity index (χ2v) is 5.62. The highest BCUT2D eigenvalue weighted by Crippen LogP contribution is 2.11. The van der Waals surface area contributed by atoms with Crippen molar-refractivity contribution < 1.29 is 9.13 Å². The number of unbranched alkanes of at least 4 members (excludes halogenated alkanes) is 1. The summed E-state index contributed by atoms with van der Waals surface area (Å²) in [4.78, 5) is 4.19. The lowest BCUT2D eigenvalue weighted by Gasteiger charge is -2.13. The summed E-state index contributed by atoms with van der Waals surface area (Å²) in [6.07, 6.45) is 3.06. The molecule has 2 N–H and O–H groups in total. The standard InChI is InChI=1S/C17H28FN3O/c1-14(2)10-12-21-17(19-3)20-11-4-5-13-22-16-8-6-15(18)7-9-16/h6-9,14H,4-5,10-13H2,1-3H3,(H2,19,20,21). The average molecular weight is 309 g/mol. The van der Waals surface area contributed by atoms with E-state index < -0.39 is 0 Å². The second-order valence-electron chi connectivity index (χ2n) is 5.62. The molecule has 0 amide bonds. The molecule has 0 saturated carbocycles. The van der Waals surface area contributed by atoms with E-state index in [0.29, 0.717) is 18.3 Å². The molecule has 1 aromatic carbocycles. The molecule has 0 aliphatic carbocycles. The molecule has 0 aliphatic rings. The monoisotopic (exact) mass is 309 g/mol. The number of guanidine groups is 1. The third-order valence-corrected chi connectivity index (χ3v) is 3.18. The molecular weight excluding hydrogens is 281 g/mol. The molecule has 22 heavy (non-hydrogen) atoms. The van der Waals surface area contributed by atoms with Crippen LogP contribution in [0.25, 0.3) is 0 Å². The molecule has 0 unspecified atom stereocenters. The lowest BCUT2D eigenvalue weighted by Crippen LogP contribution is -2.38. The third-order valence-electron chi connectivity index (χ3n) is 3.18. The Bertz CT molecular complexity index is 432. The van der Waals surface area contributed by atoms with Crippen LogP contribution < -0.4 is 15.4 Å². The van der Waals surface area contributed by atoms with Crippen LogP contribution in [0.5, 0.6) is 5.75 Å². The van der Waals surface area contributed by atoms with Gasteiger partial charge in [0.15, 0.2) is 5.96 Å². The summed E-state index contributed by atoms with van der Waals surface area (Å²) < 4.78 is 18.3. The summed E-state index contributed by atoms with van der Waals surface area (Å²) in [6, 6.07) is 6.11. The van der Waals surface area contributed by atoms with Gasteiger partial charge in [0.05, 0.1) is 6.61 Å². The highest BCUT2D eigenvalue weighted by Gasteiger charge is 1.99. The van der Waals surface area contributed by atoms with E-state index in [1.54, 1.807) is 19.2 Å². The summed E-state index contributed by atoms with van der Waals surface area (Å²) >= 11 is 0. The third kappa shape index (κ3) is 8.49. The van der Waals surface area contributed by atoms with Crippen molar-refractivity contribution in [1.82, 2.24) is 10.6 Å². The van der Waals surface area contributed by atoms with Crippen molar-refractivity contribution in [3.05, 3.63) is 30.1 Å². The fourth-order valence-electron chi connectivity index (χ4n) is 1.85. The maximum absolute atomic E-state index is 12.7. The Labute approximate surface area is 133 Å². The minimum Gasteiger partial charge on any atom is -0.494 e. The highest BCUT2D eigenvalue weighted by atomic mass is 19.1. The minimum atomic E-state index is -0.243. The van der Waals surface area contributed by atoms with Crippen LogP contribution >= 0.6 is 0 Å². The van der Waals surface area contributed by atoms with E-state index in [-0.39, 0.29) is 5.82 Å². The number of nitrogens with one attached hydrogen (secondary N) is 2. The Morgan fingerprint density at radius 2 is 1.82 bits per heavy atom. The molecule has 0 aromatic heterocycles. The van der Waals surface area contributed by atoms with Gasteiger partial charge in [-0.3, -0.25) is 4.99 Å². The molecule has 0 aliphatic heterocycles. The Kier molecular flexibility index (Phi) is 9.03. The lowest BCUT2D eigenvalue weighted by molar-refractivity contribution is 0.306. The van der Waals surface area contributed by atoms with Crippen LogP contribution in [-0.2, 0) is 0 Å². The molecule has 0 atom stereocenters. The van der Waals surface area contributed by atoms with Gasteiger partial charge >= 0.3 is 0 Å². The van der Waals surface area contributed by atoms with E-state index in [9.17, 15) is 4.39 Å². The van der Waals surface area contributed by atoms with Crippen LogP contribution in [0.2, 0.25) is 0 Å². The highest BCUT2D eigenvalue weighted by molar-refractivity contribution is 5.79. The number of aliphatic imine (C=N–C) groups is 1. The minimum absolute atomic E-state index is 0.243. The number of hydrogen-bond donors (Lipinski definition) is 2. The van der Waals surface area contributed by atoms with E-state index in [2.05, 4.69) is 29.5 Å². The van der Waals surface area contributed by atoms with Gasteiger partial charge < -0.3 is 15.4 Å². The number of ether oxygens (including phenoxy) is 1. The van der Waals surface area contributed by atoms with Gasteiger partial charge in [-0.15, -0.1) is 0 Å². The van der Waals surface area contributed by atoms with E-state index in [1.165, 1.54) is 12.1 Å². The first-order valence-corrected chi connectivity index (χ1v) is 7.94. The van der Waals surface area contributed by atoms with Gasteiger partial charge in [0, 0.05) is 20.1 Å². The van der Waals surface area contributed by atoms with Gasteiger partial charge in [-0.1, -0.05) is 13.8 Å². The van der Waals surface area contributed by atoms with Gasteiger partial charge in [-0.05, 0) is 49.4 Å². The largest absolute Gasteiger partial charge is 0.494 e. The van der Waals surface area contributed by atoms with Crippen molar-refractivity contribution in [1.29, 1.82) is 0 Å². The van der Waals surface area contributed by atoms with E-state index in [0.717, 1.165) is 38.3 Å². The Morgan fingerprint density at radius 3 is 2.45 bits per heavy atom. The predicted octanol–water partition coefficient (Wildman–Crippen LogP) is 3.20. The Morgan fingerprint density at radius 1 is 1.14 bits per heavy atom. The van der Waals surface area contributed by atoms with Gasteiger partial charge in [-0.2, -0.15) is 0 Å². The molecule has 5 heteroatoms. The first kappa shape index (κ1) is 18.3. The zero-order valence-electron chi connectivity index (χ0n) is 13.9. The van der Waals surface area contributed by atoms with Gasteiger partial charge in [0.2, 0.25) is 0 Å². The lowest BCUT2D eigenvalue weighted by atomic mass is 10.1. The molecule has 124 valence electrons. The predicted molar refractivity (Wildman–Crippen MR) is 89.9 cm³/mol. The molecule has 0 radical (unpaired) electrons. The molecule has 0 saturated heterocycles. The first-order valence-electron chi connectivity index (χ1n) is 7.94. The summed E-state index contributed by atoms with van der Waals surface area (Å²) in [7, 11) is 1.78. The second kappa shape index (κ2) is 10.9. The number of hydrogen-bond acceptors (Lipinski definition) is 2. The van der Waals surface area contributed by atoms with E-state index in [4.69, 9.17) is 4.74 Å². The maximum atomic E-state index is 12.7. The number of benzene rings is 1. The van der Waals surface area contributed by atoms with Gasteiger partial charge in [-0.25, -0.2) is 4.39 Å². The molecule has 1 rings (SSSR count). The van der Waals surface area contributed by atoms with Crippen LogP contribution in [0.1, 0.15) is 33.1 Å². The van der Waals surface area contributed by atoms with Crippen LogP contribution in [0, 0.1) is 11.7 Å². The molecule has 0 heterocycles. The molecule has 0 bridgehead atoms. The summed E-state index contributed by atoms with van der Waals surface area (Å²) in [5.41, 5.74) is 0. The zero-order chi connectivity index (χ0) is 16.2. The SMILES string of the molecule is CN=C(NCCCCOc1ccc(F)cc1)NCCC(C)C. The maximum Gasteiger partial charge on any atom is 0.190 e. The molecule has 4 nitrogen and oxygen atoms in total. The Hall–Kier alpha value is -1.78. The fourth-order valence-corrected chi connectivity index (χ4v) is 1.85. The molecular formula is C17H28FN3O. The van der Waals surface area contributed by atoms with Gasteiger partial charge in [0.1, 0.15) is 11.6 Å². The van der Waals surface area contributed by atoms with Crippen molar-refractivity contribution in [2.24, 2.45) is 10.9 Å². The van der Waals surface area contributed by atoms with Crippen molar-refractivity contribution in [3.63, 3.8) is 0 Å². The van der Waals surface area contributed by atoms with Crippen LogP contribution in [0.15, 0.2) is 29.3 Å². The molecule has 0 spiro atoms. The van der Waals surface area contributed by atoms with Crippen molar-refractivity contribution >= 4 is 5.96 Å². The average Bonchev–Trinajstić information content (AvgIpc) is 2.50. The number of rotatable bonds is 9. The van der Waals surface area contributed by atoms with Crippen LogP contribution in [0.4, 0.5) is 4.39 Å². The first-order chi connectivity index (χ1) is 10.6. The van der Waals surface area contributed by atoms with Gasteiger partial charge in [0.25, 0.3) is 0 Å². The van der Waals surface area contributed by atoms with Crippen molar-refractivity contribution in [2.45, 2.75) is 33.1 Å². The summed E-state index contributed by atoms with van der Waals surface area (Å²) in [5, 5.41) is 6.58. The Balaban J connectivity index is 2.05. The topological polar surface area (TPSA) is 45.7 Å². The summed E-state index contributed by atoms with van der Waals surface area (Å²) in [6.45, 7) is 6.84. The van der Waals surface area contributed by atoms with E-state index in [1.807, 2.05) is 0 Å².